The molecule has 5 rings (SSSR count). The Morgan fingerprint density at radius 2 is 1.93 bits per heavy atom. The first-order valence-corrected chi connectivity index (χ1v) is 15.4. The molecule has 2 aliphatic rings. The van der Waals surface area contributed by atoms with Gasteiger partial charge in [0.25, 0.3) is 0 Å². The second kappa shape index (κ2) is 14.3. The zero-order chi connectivity index (χ0) is 32.8. The lowest BCUT2D eigenvalue weighted by atomic mass is 9.98. The molecule has 2 aliphatic heterocycles. The number of hydrogen-bond donors (Lipinski definition) is 3. The Kier molecular flexibility index (Phi) is 10.0. The molecule has 1 atom stereocenters. The number of aryl methyl sites for hydroxylation is 1. The summed E-state index contributed by atoms with van der Waals surface area (Å²) in [7, 11) is 3.42. The quantitative estimate of drug-likeness (QED) is 0.229. The number of nitrogens with zero attached hydrogens (tertiary/aromatic N) is 8. The van der Waals surface area contributed by atoms with Crippen LogP contribution < -0.4 is 16.4 Å². The number of aromatic nitrogens is 3. The standard InChI is InChI=1S/C33H41N11O2/c1-4-44(28-10-9-27(34)31(40-28)30(35)26-17-39-41(3)18-26)33(46)25-11-14-42(19-25)20-29(45)43-15-12-23(13-16-43)22-5-7-24(8-6-22)32(36)38-21-37-2/h5-10,12,17-18,21,25,35H,4,11,13-16,19-20,34H2,1-3H3,(H2,36,37,38)/t25-/m1/s1. The number of nitrogens with one attached hydrogen (secondary N) is 1. The second-order valence-electron chi connectivity index (χ2n) is 11.5. The van der Waals surface area contributed by atoms with Crippen LogP contribution in [0.15, 0.2) is 64.9 Å². The second-order valence-corrected chi connectivity index (χ2v) is 11.5. The third kappa shape index (κ3) is 7.20. The number of amides is 2. The molecule has 2 amide bonds. The van der Waals surface area contributed by atoms with Crippen molar-refractivity contribution >= 4 is 46.8 Å². The molecule has 13 heteroatoms. The highest BCUT2D eigenvalue weighted by atomic mass is 16.2. The number of amidine groups is 1. The normalized spacial score (nSPS) is 17.4. The number of nitrogen functional groups attached to an aromatic ring is 1. The Balaban J connectivity index is 1.16. The van der Waals surface area contributed by atoms with Gasteiger partial charge in [-0.2, -0.15) is 5.10 Å². The van der Waals surface area contributed by atoms with Crippen molar-refractivity contribution in [3.8, 4) is 0 Å². The minimum atomic E-state index is -0.252. The van der Waals surface area contributed by atoms with Gasteiger partial charge in [-0.3, -0.25) is 34.5 Å². The van der Waals surface area contributed by atoms with E-state index in [4.69, 9.17) is 16.9 Å². The summed E-state index contributed by atoms with van der Waals surface area (Å²) in [5.41, 5.74) is 16.7. The van der Waals surface area contributed by atoms with Gasteiger partial charge in [0.05, 0.1) is 30.1 Å². The first-order valence-electron chi connectivity index (χ1n) is 15.4. The first kappa shape index (κ1) is 32.2. The monoisotopic (exact) mass is 623 g/mol. The van der Waals surface area contributed by atoms with Crippen LogP contribution in [0.5, 0.6) is 0 Å². The molecule has 1 fully saturated rings. The maximum absolute atomic E-state index is 13.7. The van der Waals surface area contributed by atoms with Crippen LogP contribution in [0.25, 0.3) is 5.57 Å². The van der Waals surface area contributed by atoms with E-state index in [1.807, 2.05) is 36.1 Å². The number of aliphatic imine (C=N–C) groups is 2. The van der Waals surface area contributed by atoms with Crippen molar-refractivity contribution in [3.05, 3.63) is 77.3 Å². The summed E-state index contributed by atoms with van der Waals surface area (Å²) in [6.45, 7) is 4.96. The fraction of sp³-hybridized carbons (Fsp3) is 0.364. The van der Waals surface area contributed by atoms with Crippen LogP contribution in [0.1, 0.15) is 42.1 Å². The molecule has 240 valence electrons. The van der Waals surface area contributed by atoms with Gasteiger partial charge in [-0.1, -0.05) is 30.3 Å². The number of rotatable bonds is 10. The molecule has 1 saturated heterocycles. The minimum absolute atomic E-state index is 0.0448. The molecule has 4 heterocycles. The van der Waals surface area contributed by atoms with E-state index < -0.39 is 0 Å². The van der Waals surface area contributed by atoms with Crippen molar-refractivity contribution in [2.75, 3.05) is 56.9 Å². The molecular weight excluding hydrogens is 582 g/mol. The van der Waals surface area contributed by atoms with E-state index in [1.165, 1.54) is 11.9 Å². The lowest BCUT2D eigenvalue weighted by Crippen LogP contribution is -2.42. The van der Waals surface area contributed by atoms with E-state index in [1.54, 1.807) is 48.2 Å². The van der Waals surface area contributed by atoms with Gasteiger partial charge in [-0.05, 0) is 49.6 Å². The predicted molar refractivity (Wildman–Crippen MR) is 181 cm³/mol. The van der Waals surface area contributed by atoms with Crippen molar-refractivity contribution < 1.29 is 9.59 Å². The summed E-state index contributed by atoms with van der Waals surface area (Å²) in [5, 5.41) is 12.7. The van der Waals surface area contributed by atoms with Crippen molar-refractivity contribution in [3.63, 3.8) is 0 Å². The number of pyridine rings is 1. The number of nitrogens with two attached hydrogens (primary N) is 2. The molecule has 0 spiro atoms. The van der Waals surface area contributed by atoms with E-state index in [0.29, 0.717) is 67.7 Å². The molecule has 0 saturated carbocycles. The largest absolute Gasteiger partial charge is 0.397 e. The number of likely N-dealkylation sites (tertiary alicyclic amines) is 1. The van der Waals surface area contributed by atoms with Crippen molar-refractivity contribution in [1.82, 2.24) is 24.6 Å². The Morgan fingerprint density at radius 3 is 2.59 bits per heavy atom. The van der Waals surface area contributed by atoms with Gasteiger partial charge >= 0.3 is 0 Å². The lowest BCUT2D eigenvalue weighted by molar-refractivity contribution is -0.132. The smallest absolute Gasteiger partial charge is 0.237 e. The third-order valence-electron chi connectivity index (χ3n) is 8.41. The Bertz CT molecular complexity index is 1690. The zero-order valence-corrected chi connectivity index (χ0v) is 26.6. The number of carbonyl (C=O) groups is 2. The number of benzene rings is 1. The third-order valence-corrected chi connectivity index (χ3v) is 8.41. The summed E-state index contributed by atoms with van der Waals surface area (Å²) in [6.07, 6.45) is 8.27. The Labute approximate surface area is 268 Å². The van der Waals surface area contributed by atoms with Crippen LogP contribution in [0.2, 0.25) is 0 Å². The highest BCUT2D eigenvalue weighted by Gasteiger charge is 2.34. The molecule has 2 aromatic heterocycles. The molecule has 0 bridgehead atoms. The molecule has 5 N–H and O–H groups in total. The van der Waals surface area contributed by atoms with E-state index in [2.05, 4.69) is 31.0 Å². The lowest BCUT2D eigenvalue weighted by Gasteiger charge is -2.29. The topological polar surface area (TPSA) is 175 Å². The average Bonchev–Trinajstić information content (AvgIpc) is 3.73. The molecule has 0 unspecified atom stereocenters. The summed E-state index contributed by atoms with van der Waals surface area (Å²) >= 11 is 0. The molecule has 3 aromatic rings. The van der Waals surface area contributed by atoms with Gasteiger partial charge in [0, 0.05) is 57.6 Å². The molecule has 0 aliphatic carbocycles. The van der Waals surface area contributed by atoms with Crippen molar-refractivity contribution in [2.24, 2.45) is 28.7 Å². The van der Waals surface area contributed by atoms with Crippen LogP contribution in [-0.4, -0.2) is 101 Å². The SMILES string of the molecule is CCN(C(=O)[C@@H]1CCN(CC(=O)N2CC=C(c3ccc(C(N)=NC=NC)cc3)CC2)C1)c1ccc(N)c(C(=N)c2cnn(C)c2)n1. The highest BCUT2D eigenvalue weighted by Crippen LogP contribution is 2.26. The maximum atomic E-state index is 13.7. The predicted octanol–water partition coefficient (Wildman–Crippen LogP) is 2.17. The molecule has 1 aromatic carbocycles. The van der Waals surface area contributed by atoms with E-state index in [-0.39, 0.29) is 30.0 Å². The molecule has 13 nitrogen and oxygen atoms in total. The van der Waals surface area contributed by atoms with Gasteiger partial charge in [0.15, 0.2) is 0 Å². The zero-order valence-electron chi connectivity index (χ0n) is 26.6. The highest BCUT2D eigenvalue weighted by molar-refractivity contribution is 6.12. The summed E-state index contributed by atoms with van der Waals surface area (Å²) in [5.74, 6) is 0.627. The van der Waals surface area contributed by atoms with Crippen molar-refractivity contribution in [2.45, 2.75) is 19.8 Å². The van der Waals surface area contributed by atoms with Crippen LogP contribution in [0.4, 0.5) is 11.5 Å². The van der Waals surface area contributed by atoms with Crippen LogP contribution in [0.3, 0.4) is 0 Å². The van der Waals surface area contributed by atoms with Crippen LogP contribution in [-0.2, 0) is 16.6 Å². The summed E-state index contributed by atoms with van der Waals surface area (Å²) in [4.78, 5) is 45.0. The van der Waals surface area contributed by atoms with Gasteiger partial charge in [-0.25, -0.2) is 9.98 Å². The van der Waals surface area contributed by atoms with Gasteiger partial charge < -0.3 is 16.4 Å². The number of hydrogen-bond acceptors (Lipinski definition) is 8. The fourth-order valence-electron chi connectivity index (χ4n) is 5.82. The molecule has 0 radical (unpaired) electrons. The first-order chi connectivity index (χ1) is 22.2. The van der Waals surface area contributed by atoms with Crippen molar-refractivity contribution in [1.29, 1.82) is 5.41 Å². The van der Waals surface area contributed by atoms with Crippen LogP contribution in [0, 0.1) is 11.3 Å². The molecule has 46 heavy (non-hydrogen) atoms. The minimum Gasteiger partial charge on any atom is -0.397 e. The van der Waals surface area contributed by atoms with E-state index in [0.717, 1.165) is 17.5 Å². The summed E-state index contributed by atoms with van der Waals surface area (Å²) < 4.78 is 1.61. The van der Waals surface area contributed by atoms with Gasteiger partial charge in [0.1, 0.15) is 23.7 Å². The van der Waals surface area contributed by atoms with E-state index in [9.17, 15) is 9.59 Å². The van der Waals surface area contributed by atoms with Gasteiger partial charge in [0.2, 0.25) is 11.8 Å². The average molecular weight is 624 g/mol. The van der Waals surface area contributed by atoms with Gasteiger partial charge in [-0.15, -0.1) is 0 Å². The molecular formula is C33H41N11O2. The Hall–Kier alpha value is -5.17. The number of anilines is 2. The summed E-state index contributed by atoms with van der Waals surface area (Å²) in [6, 6.07) is 11.3. The maximum Gasteiger partial charge on any atom is 0.237 e. The number of carbonyl (C=O) groups excluding carboxylic acids is 2. The van der Waals surface area contributed by atoms with E-state index >= 15 is 0 Å². The van der Waals surface area contributed by atoms with Crippen LogP contribution >= 0.6 is 0 Å². The fourth-order valence-corrected chi connectivity index (χ4v) is 5.82. The Morgan fingerprint density at radius 1 is 1.15 bits per heavy atom.